The van der Waals surface area contributed by atoms with E-state index in [4.69, 9.17) is 0 Å². The number of β-amino-alcohol motifs (C(OH)–C–C–N with tert-alkyl or cyclic N) is 2. The number of nitrogens with one attached hydrogen (secondary N) is 1. The van der Waals surface area contributed by atoms with Crippen LogP contribution in [0.3, 0.4) is 0 Å². The van der Waals surface area contributed by atoms with Crippen LogP contribution in [0.15, 0.2) is 0 Å². The molecule has 1 fully saturated rings. The molecule has 160 valence electrons. The van der Waals surface area contributed by atoms with Gasteiger partial charge < -0.3 is 15.5 Å². The van der Waals surface area contributed by atoms with Crippen LogP contribution >= 0.6 is 0 Å². The Balaban J connectivity index is 2.21. The molecular weight excluding hydrogens is 340 g/mol. The summed E-state index contributed by atoms with van der Waals surface area (Å²) in [4.78, 5) is 14.9. The van der Waals surface area contributed by atoms with Crippen LogP contribution in [0.25, 0.3) is 0 Å². The lowest BCUT2D eigenvalue weighted by Crippen LogP contribution is -2.58. The van der Waals surface area contributed by atoms with Crippen molar-refractivity contribution in [2.45, 2.75) is 102 Å². The van der Waals surface area contributed by atoms with Crippen molar-refractivity contribution >= 4 is 5.91 Å². The Bertz CT molecular complexity index is 365. The molecule has 27 heavy (non-hydrogen) atoms. The van der Waals surface area contributed by atoms with E-state index in [1.165, 1.54) is 57.8 Å². The predicted octanol–water partition coefficient (Wildman–Crippen LogP) is 3.62. The van der Waals surface area contributed by atoms with E-state index in [2.05, 4.69) is 12.2 Å². The number of nitrogens with zero attached hydrogens (tertiary/aromatic N) is 1. The topological polar surface area (TPSA) is 72.8 Å². The van der Waals surface area contributed by atoms with Gasteiger partial charge in [-0.05, 0) is 19.3 Å². The molecule has 0 aromatic rings. The third-order valence-electron chi connectivity index (χ3n) is 6.01. The molecule has 3 N–H and O–H groups in total. The first kappa shape index (κ1) is 24.4. The van der Waals surface area contributed by atoms with Gasteiger partial charge in [0.25, 0.3) is 0 Å². The number of carbonyl (C=O) groups is 1. The second-order valence-electron chi connectivity index (χ2n) is 8.11. The van der Waals surface area contributed by atoms with Gasteiger partial charge in [-0.15, -0.1) is 0 Å². The lowest BCUT2D eigenvalue weighted by atomic mass is 9.93. The molecule has 0 heterocycles. The largest absolute Gasteiger partial charge is 0.395 e. The van der Waals surface area contributed by atoms with Crippen molar-refractivity contribution in [3.05, 3.63) is 0 Å². The zero-order valence-corrected chi connectivity index (χ0v) is 17.7. The third kappa shape index (κ3) is 8.93. The number of hydrogen-bond acceptors (Lipinski definition) is 4. The molecule has 0 radical (unpaired) electrons. The zero-order valence-electron chi connectivity index (χ0n) is 17.7. The summed E-state index contributed by atoms with van der Waals surface area (Å²) in [7, 11) is 0. The van der Waals surface area contributed by atoms with Crippen LogP contribution in [0.5, 0.6) is 0 Å². The predicted molar refractivity (Wildman–Crippen MR) is 112 cm³/mol. The summed E-state index contributed by atoms with van der Waals surface area (Å²) in [6.45, 7) is 3.94. The number of amides is 1. The van der Waals surface area contributed by atoms with Gasteiger partial charge in [0.15, 0.2) is 0 Å². The second-order valence-corrected chi connectivity index (χ2v) is 8.11. The third-order valence-corrected chi connectivity index (χ3v) is 6.01. The quantitative estimate of drug-likeness (QED) is 0.335. The number of unbranched alkanes of at least 4 members (excludes halogenated alkanes) is 9. The summed E-state index contributed by atoms with van der Waals surface area (Å²) in [5.41, 5.74) is -0.524. The van der Waals surface area contributed by atoms with Gasteiger partial charge in [0.05, 0.1) is 13.2 Å². The molecular formula is C22H44N2O3. The first-order chi connectivity index (χ1) is 13.2. The van der Waals surface area contributed by atoms with Crippen LogP contribution in [-0.4, -0.2) is 59.4 Å². The van der Waals surface area contributed by atoms with Crippen molar-refractivity contribution < 1.29 is 15.0 Å². The van der Waals surface area contributed by atoms with Gasteiger partial charge in [0.1, 0.15) is 5.54 Å². The Morgan fingerprint density at radius 2 is 1.33 bits per heavy atom. The molecule has 5 heteroatoms. The molecule has 0 unspecified atom stereocenters. The van der Waals surface area contributed by atoms with Gasteiger partial charge in [-0.1, -0.05) is 77.6 Å². The summed E-state index contributed by atoms with van der Waals surface area (Å²) in [5, 5.41) is 21.8. The Morgan fingerprint density at radius 1 is 0.852 bits per heavy atom. The van der Waals surface area contributed by atoms with Gasteiger partial charge >= 0.3 is 0 Å². The Morgan fingerprint density at radius 3 is 1.81 bits per heavy atom. The maximum Gasteiger partial charge on any atom is 0.240 e. The molecule has 1 amide bonds. The van der Waals surface area contributed by atoms with Gasteiger partial charge in [-0.2, -0.15) is 0 Å². The Hall–Kier alpha value is -0.650. The summed E-state index contributed by atoms with van der Waals surface area (Å²) in [6.07, 6.45) is 16.7. The van der Waals surface area contributed by atoms with Gasteiger partial charge in [0, 0.05) is 19.6 Å². The molecule has 0 saturated heterocycles. The average molecular weight is 385 g/mol. The smallest absolute Gasteiger partial charge is 0.240 e. The van der Waals surface area contributed by atoms with E-state index < -0.39 is 5.54 Å². The first-order valence-corrected chi connectivity index (χ1v) is 11.5. The monoisotopic (exact) mass is 384 g/mol. The standard InChI is InChI=1S/C22H44N2O3/c1-2-3-4-5-6-7-8-9-10-13-16-23-21(27)22(14-11-12-15-22)24(17-19-25)18-20-26/h25-26H,2-20H2,1H3,(H,23,27). The molecule has 1 aliphatic rings. The van der Waals surface area contributed by atoms with Crippen molar-refractivity contribution in [1.29, 1.82) is 0 Å². The first-order valence-electron chi connectivity index (χ1n) is 11.5. The summed E-state index contributed by atoms with van der Waals surface area (Å²) in [6, 6.07) is 0. The van der Waals surface area contributed by atoms with Crippen LogP contribution in [0.2, 0.25) is 0 Å². The zero-order chi connectivity index (χ0) is 19.8. The van der Waals surface area contributed by atoms with Crippen molar-refractivity contribution in [2.75, 3.05) is 32.8 Å². The summed E-state index contributed by atoms with van der Waals surface area (Å²) < 4.78 is 0. The van der Waals surface area contributed by atoms with Crippen molar-refractivity contribution in [1.82, 2.24) is 10.2 Å². The number of hydrogen-bond donors (Lipinski definition) is 3. The van der Waals surface area contributed by atoms with Crippen LogP contribution in [0.4, 0.5) is 0 Å². The fourth-order valence-corrected chi connectivity index (χ4v) is 4.41. The highest BCUT2D eigenvalue weighted by Gasteiger charge is 2.45. The number of aliphatic hydroxyl groups excluding tert-OH is 2. The van der Waals surface area contributed by atoms with Crippen LogP contribution in [0.1, 0.15) is 96.8 Å². The highest BCUT2D eigenvalue weighted by molar-refractivity contribution is 5.86. The average Bonchev–Trinajstić information content (AvgIpc) is 3.17. The summed E-state index contributed by atoms with van der Waals surface area (Å²) >= 11 is 0. The van der Waals surface area contributed by atoms with Crippen molar-refractivity contribution in [3.63, 3.8) is 0 Å². The van der Waals surface area contributed by atoms with Crippen LogP contribution in [0, 0.1) is 0 Å². The number of rotatable bonds is 17. The Labute approximate surface area is 166 Å². The highest BCUT2D eigenvalue weighted by Crippen LogP contribution is 2.35. The normalized spacial score (nSPS) is 16.1. The van der Waals surface area contributed by atoms with Crippen LogP contribution < -0.4 is 5.32 Å². The molecule has 1 saturated carbocycles. The van der Waals surface area contributed by atoms with E-state index in [1.54, 1.807) is 0 Å². The van der Waals surface area contributed by atoms with E-state index >= 15 is 0 Å². The maximum atomic E-state index is 12.9. The van der Waals surface area contributed by atoms with Crippen molar-refractivity contribution in [3.8, 4) is 0 Å². The lowest BCUT2D eigenvalue weighted by Gasteiger charge is -2.39. The van der Waals surface area contributed by atoms with Crippen LogP contribution in [-0.2, 0) is 4.79 Å². The molecule has 0 bridgehead atoms. The fraction of sp³-hybridized carbons (Fsp3) is 0.955. The minimum atomic E-state index is -0.524. The molecule has 0 aromatic carbocycles. The van der Waals surface area contributed by atoms with E-state index in [-0.39, 0.29) is 19.1 Å². The van der Waals surface area contributed by atoms with E-state index in [9.17, 15) is 15.0 Å². The minimum absolute atomic E-state index is 0.0213. The van der Waals surface area contributed by atoms with Gasteiger partial charge in [-0.3, -0.25) is 9.69 Å². The SMILES string of the molecule is CCCCCCCCCCCCNC(=O)C1(N(CCO)CCO)CCCC1. The molecule has 1 aliphatic carbocycles. The molecule has 0 spiro atoms. The second kappa shape index (κ2) is 15.3. The van der Waals surface area contributed by atoms with Gasteiger partial charge in [0.2, 0.25) is 5.91 Å². The molecule has 0 atom stereocenters. The summed E-state index contributed by atoms with van der Waals surface area (Å²) in [5.74, 6) is 0.0952. The fourth-order valence-electron chi connectivity index (χ4n) is 4.41. The molecule has 1 rings (SSSR count). The lowest BCUT2D eigenvalue weighted by molar-refractivity contribution is -0.134. The minimum Gasteiger partial charge on any atom is -0.395 e. The van der Waals surface area contributed by atoms with E-state index in [1.807, 2.05) is 4.90 Å². The van der Waals surface area contributed by atoms with E-state index in [0.29, 0.717) is 13.1 Å². The molecule has 0 aliphatic heterocycles. The molecule has 5 nitrogen and oxygen atoms in total. The number of aliphatic hydroxyl groups is 2. The van der Waals surface area contributed by atoms with Gasteiger partial charge in [-0.25, -0.2) is 0 Å². The number of carbonyl (C=O) groups excluding carboxylic acids is 1. The van der Waals surface area contributed by atoms with Crippen molar-refractivity contribution in [2.24, 2.45) is 0 Å². The molecule has 0 aromatic heterocycles. The van der Waals surface area contributed by atoms with E-state index in [0.717, 1.165) is 38.6 Å². The maximum absolute atomic E-state index is 12.9. The Kier molecular flexibility index (Phi) is 13.8. The highest BCUT2D eigenvalue weighted by atomic mass is 16.3.